The topological polar surface area (TPSA) is 60.2 Å². The second-order valence-corrected chi connectivity index (χ2v) is 6.43. The number of ether oxygens (including phenoxy) is 1. The summed E-state index contributed by atoms with van der Waals surface area (Å²) >= 11 is 1.58. The molecule has 124 valence electrons. The number of hydrogen-bond acceptors (Lipinski definition) is 5. The standard InChI is InChI=1S/C17H18N4O2S/c1-12-19-14(11-24-12)10-20(2)17(22)13-8-18-21(9-13)15-6-4-5-7-16(15)23-3/h4-9,11H,10H2,1-3H3. The fourth-order valence-electron chi connectivity index (χ4n) is 2.40. The molecule has 1 amide bonds. The van der Waals surface area contributed by atoms with Gasteiger partial charge in [0.15, 0.2) is 0 Å². The van der Waals surface area contributed by atoms with Crippen LogP contribution in [0.25, 0.3) is 5.69 Å². The first kappa shape index (κ1) is 16.2. The number of nitrogens with zero attached hydrogens (tertiary/aromatic N) is 4. The van der Waals surface area contributed by atoms with Gasteiger partial charge >= 0.3 is 0 Å². The van der Waals surface area contributed by atoms with Gasteiger partial charge in [0.25, 0.3) is 5.91 Å². The van der Waals surface area contributed by atoms with Crippen LogP contribution < -0.4 is 4.74 Å². The summed E-state index contributed by atoms with van der Waals surface area (Å²) in [6.45, 7) is 2.43. The van der Waals surface area contributed by atoms with Crippen molar-refractivity contribution in [3.8, 4) is 11.4 Å². The van der Waals surface area contributed by atoms with Gasteiger partial charge < -0.3 is 9.64 Å². The molecule has 0 aliphatic carbocycles. The van der Waals surface area contributed by atoms with E-state index in [0.717, 1.165) is 16.4 Å². The zero-order valence-corrected chi connectivity index (χ0v) is 14.6. The summed E-state index contributed by atoms with van der Waals surface area (Å²) in [5.41, 5.74) is 2.21. The minimum atomic E-state index is -0.0956. The van der Waals surface area contributed by atoms with E-state index in [2.05, 4.69) is 10.1 Å². The van der Waals surface area contributed by atoms with Crippen LogP contribution in [0, 0.1) is 6.92 Å². The Morgan fingerprint density at radius 3 is 2.88 bits per heavy atom. The maximum atomic E-state index is 12.6. The Bertz CT molecular complexity index is 856. The quantitative estimate of drug-likeness (QED) is 0.715. The maximum Gasteiger partial charge on any atom is 0.257 e. The van der Waals surface area contributed by atoms with Gasteiger partial charge in [-0.05, 0) is 19.1 Å². The van der Waals surface area contributed by atoms with Gasteiger partial charge in [-0.3, -0.25) is 4.79 Å². The summed E-state index contributed by atoms with van der Waals surface area (Å²) in [5.74, 6) is 0.604. The highest BCUT2D eigenvalue weighted by Crippen LogP contribution is 2.22. The van der Waals surface area contributed by atoms with Crippen LogP contribution in [0.3, 0.4) is 0 Å². The molecule has 3 rings (SSSR count). The van der Waals surface area contributed by atoms with E-state index in [1.807, 2.05) is 36.6 Å². The first-order chi connectivity index (χ1) is 11.6. The molecule has 0 saturated heterocycles. The number of hydrogen-bond donors (Lipinski definition) is 0. The van der Waals surface area contributed by atoms with Gasteiger partial charge in [-0.15, -0.1) is 11.3 Å². The van der Waals surface area contributed by atoms with E-state index >= 15 is 0 Å². The van der Waals surface area contributed by atoms with E-state index in [1.165, 1.54) is 0 Å². The van der Waals surface area contributed by atoms with Crippen molar-refractivity contribution in [2.45, 2.75) is 13.5 Å². The van der Waals surface area contributed by atoms with E-state index < -0.39 is 0 Å². The molecule has 6 nitrogen and oxygen atoms in total. The van der Waals surface area contributed by atoms with Gasteiger partial charge in [0.05, 0.1) is 36.1 Å². The number of amides is 1. The highest BCUT2D eigenvalue weighted by molar-refractivity contribution is 7.09. The molecule has 24 heavy (non-hydrogen) atoms. The molecule has 0 aliphatic rings. The molecule has 0 saturated carbocycles. The summed E-state index contributed by atoms with van der Waals surface area (Å²) in [7, 11) is 3.37. The molecule has 0 aliphatic heterocycles. The van der Waals surface area contributed by atoms with Crippen molar-refractivity contribution in [3.05, 3.63) is 58.3 Å². The van der Waals surface area contributed by atoms with Crippen molar-refractivity contribution in [1.29, 1.82) is 0 Å². The molecule has 0 atom stereocenters. The smallest absolute Gasteiger partial charge is 0.257 e. The van der Waals surface area contributed by atoms with Crippen LogP contribution >= 0.6 is 11.3 Å². The van der Waals surface area contributed by atoms with Crippen molar-refractivity contribution < 1.29 is 9.53 Å². The molecular formula is C17H18N4O2S. The number of aryl methyl sites for hydroxylation is 1. The molecule has 0 N–H and O–H groups in total. The maximum absolute atomic E-state index is 12.6. The highest BCUT2D eigenvalue weighted by atomic mass is 32.1. The molecule has 2 heterocycles. The summed E-state index contributed by atoms with van der Waals surface area (Å²) in [6, 6.07) is 7.54. The Balaban J connectivity index is 1.78. The molecule has 0 unspecified atom stereocenters. The van der Waals surface area contributed by atoms with Gasteiger partial charge in [0.2, 0.25) is 0 Å². The Morgan fingerprint density at radius 2 is 2.17 bits per heavy atom. The third kappa shape index (κ3) is 3.30. The van der Waals surface area contributed by atoms with Gasteiger partial charge in [-0.2, -0.15) is 5.10 Å². The van der Waals surface area contributed by atoms with Crippen LogP contribution in [0.1, 0.15) is 21.1 Å². The van der Waals surface area contributed by atoms with Crippen LogP contribution in [-0.4, -0.2) is 39.7 Å². The molecule has 0 spiro atoms. The molecule has 7 heteroatoms. The number of methoxy groups -OCH3 is 1. The Kier molecular flexibility index (Phi) is 4.61. The fourth-order valence-corrected chi connectivity index (χ4v) is 3.00. The zero-order chi connectivity index (χ0) is 17.1. The van der Waals surface area contributed by atoms with Crippen LogP contribution in [0.5, 0.6) is 5.75 Å². The number of thiazole rings is 1. The average Bonchev–Trinajstić information content (AvgIpc) is 3.23. The first-order valence-electron chi connectivity index (χ1n) is 7.43. The third-order valence-electron chi connectivity index (χ3n) is 3.57. The summed E-state index contributed by atoms with van der Waals surface area (Å²) in [5, 5.41) is 7.25. The van der Waals surface area contributed by atoms with Crippen LogP contribution in [0.2, 0.25) is 0 Å². The Hall–Kier alpha value is -2.67. The van der Waals surface area contributed by atoms with Gasteiger partial charge in [0.1, 0.15) is 11.4 Å². The largest absolute Gasteiger partial charge is 0.494 e. The number of benzene rings is 1. The zero-order valence-electron chi connectivity index (χ0n) is 13.8. The molecular weight excluding hydrogens is 324 g/mol. The summed E-state index contributed by atoms with van der Waals surface area (Å²) < 4.78 is 6.98. The highest BCUT2D eigenvalue weighted by Gasteiger charge is 2.16. The second kappa shape index (κ2) is 6.84. The van der Waals surface area contributed by atoms with Gasteiger partial charge in [-0.25, -0.2) is 9.67 Å². The minimum absolute atomic E-state index is 0.0956. The number of carbonyl (C=O) groups is 1. The third-order valence-corrected chi connectivity index (χ3v) is 4.40. The van der Waals surface area contributed by atoms with Crippen LogP contribution in [0.4, 0.5) is 0 Å². The molecule has 0 fully saturated rings. The average molecular weight is 342 g/mol. The predicted molar refractivity (Wildman–Crippen MR) is 92.8 cm³/mol. The lowest BCUT2D eigenvalue weighted by Gasteiger charge is -2.14. The normalized spacial score (nSPS) is 10.6. The Labute approximate surface area is 144 Å². The number of rotatable bonds is 5. The van der Waals surface area contributed by atoms with E-state index in [9.17, 15) is 4.79 Å². The van der Waals surface area contributed by atoms with Crippen LogP contribution in [0.15, 0.2) is 42.0 Å². The fraction of sp³-hybridized carbons (Fsp3) is 0.235. The minimum Gasteiger partial charge on any atom is -0.494 e. The number of aromatic nitrogens is 3. The van der Waals surface area contributed by atoms with Gasteiger partial charge in [0, 0.05) is 18.6 Å². The summed E-state index contributed by atoms with van der Waals surface area (Å²) in [4.78, 5) is 18.6. The van der Waals surface area contributed by atoms with E-state index in [4.69, 9.17) is 4.74 Å². The predicted octanol–water partition coefficient (Wildman–Crippen LogP) is 2.92. The molecule has 1 aromatic carbocycles. The molecule has 3 aromatic rings. The second-order valence-electron chi connectivity index (χ2n) is 5.36. The van der Waals surface area contributed by atoms with E-state index in [-0.39, 0.29) is 5.91 Å². The molecule has 2 aromatic heterocycles. The van der Waals surface area contributed by atoms with Gasteiger partial charge in [-0.1, -0.05) is 12.1 Å². The monoisotopic (exact) mass is 342 g/mol. The van der Waals surface area contributed by atoms with Crippen molar-refractivity contribution in [1.82, 2.24) is 19.7 Å². The van der Waals surface area contributed by atoms with E-state index in [0.29, 0.717) is 17.9 Å². The van der Waals surface area contributed by atoms with Crippen molar-refractivity contribution >= 4 is 17.2 Å². The van der Waals surface area contributed by atoms with E-state index in [1.54, 1.807) is 47.5 Å². The Morgan fingerprint density at radius 1 is 1.38 bits per heavy atom. The lowest BCUT2D eigenvalue weighted by Crippen LogP contribution is -2.26. The lowest BCUT2D eigenvalue weighted by atomic mass is 10.3. The van der Waals surface area contributed by atoms with Crippen molar-refractivity contribution in [3.63, 3.8) is 0 Å². The number of carbonyl (C=O) groups excluding carboxylic acids is 1. The molecule has 0 bridgehead atoms. The first-order valence-corrected chi connectivity index (χ1v) is 8.31. The van der Waals surface area contributed by atoms with Crippen LogP contribution in [-0.2, 0) is 6.54 Å². The van der Waals surface area contributed by atoms with Crippen molar-refractivity contribution in [2.24, 2.45) is 0 Å². The number of para-hydroxylation sites is 2. The van der Waals surface area contributed by atoms with Crippen molar-refractivity contribution in [2.75, 3.05) is 14.2 Å². The SMILES string of the molecule is COc1ccccc1-n1cc(C(=O)N(C)Cc2csc(C)n2)cn1. The molecule has 0 radical (unpaired) electrons. The lowest BCUT2D eigenvalue weighted by molar-refractivity contribution is 0.0783. The summed E-state index contributed by atoms with van der Waals surface area (Å²) in [6.07, 6.45) is 3.28.